The van der Waals surface area contributed by atoms with Crippen LogP contribution in [0.15, 0.2) is 18.3 Å². The maximum atomic E-state index is 12.5. The number of pyridine rings is 1. The van der Waals surface area contributed by atoms with Crippen molar-refractivity contribution in [3.05, 3.63) is 24.0 Å². The molecule has 0 aliphatic rings. The quantitative estimate of drug-likeness (QED) is 0.755. The van der Waals surface area contributed by atoms with Gasteiger partial charge in [0.25, 0.3) is 0 Å². The third kappa shape index (κ3) is 4.02. The van der Waals surface area contributed by atoms with Crippen molar-refractivity contribution in [2.45, 2.75) is 32.0 Å². The van der Waals surface area contributed by atoms with Crippen LogP contribution in [0.25, 0.3) is 0 Å². The molecule has 0 N–H and O–H groups in total. The lowest BCUT2D eigenvalue weighted by atomic mass is 10.3. The number of aryl methyl sites for hydroxylation is 1. The highest BCUT2D eigenvalue weighted by atomic mass is 28.4. The first-order valence-electron chi connectivity index (χ1n) is 6.00. The van der Waals surface area contributed by atoms with Crippen LogP contribution in [0.4, 0.5) is 13.2 Å². The van der Waals surface area contributed by atoms with Gasteiger partial charge in [-0.05, 0) is 12.5 Å². The van der Waals surface area contributed by atoms with E-state index in [1.54, 1.807) is 18.3 Å². The zero-order valence-electron chi connectivity index (χ0n) is 11.3. The van der Waals surface area contributed by atoms with E-state index in [4.69, 9.17) is 8.85 Å². The smallest absolute Gasteiger partial charge is 0.389 e. The lowest BCUT2D eigenvalue weighted by molar-refractivity contribution is -0.131. The Hall–Kier alpha value is -0.923. The van der Waals surface area contributed by atoms with Gasteiger partial charge in [-0.1, -0.05) is 13.0 Å². The minimum Gasteiger partial charge on any atom is -0.394 e. The van der Waals surface area contributed by atoms with E-state index in [-0.39, 0.29) is 6.04 Å². The van der Waals surface area contributed by atoms with E-state index in [9.17, 15) is 13.2 Å². The summed E-state index contributed by atoms with van der Waals surface area (Å²) < 4.78 is 48.1. The molecule has 1 aromatic rings. The molecule has 1 aromatic heterocycles. The van der Waals surface area contributed by atoms with Gasteiger partial charge in [0.1, 0.15) is 0 Å². The molecule has 1 rings (SSSR count). The summed E-state index contributed by atoms with van der Waals surface area (Å²) in [6.45, 7) is 1.90. The second-order valence-corrected chi connectivity index (χ2v) is 7.49. The van der Waals surface area contributed by atoms with Crippen molar-refractivity contribution in [3.8, 4) is 0 Å². The molecular formula is C12H18F3NO2Si. The van der Waals surface area contributed by atoms with E-state index in [0.29, 0.717) is 11.6 Å². The molecule has 0 saturated heterocycles. The molecule has 19 heavy (non-hydrogen) atoms. The fourth-order valence-electron chi connectivity index (χ4n) is 2.01. The summed E-state index contributed by atoms with van der Waals surface area (Å²) in [6.07, 6.45) is -2.89. The zero-order valence-corrected chi connectivity index (χ0v) is 12.3. The Kier molecular flexibility index (Phi) is 5.51. The minimum atomic E-state index is -4.22. The second-order valence-electron chi connectivity index (χ2n) is 4.13. The highest BCUT2D eigenvalue weighted by Gasteiger charge is 2.43. The van der Waals surface area contributed by atoms with Gasteiger partial charge in [0.05, 0.1) is 0 Å². The van der Waals surface area contributed by atoms with Gasteiger partial charge in [-0.3, -0.25) is 4.98 Å². The van der Waals surface area contributed by atoms with Gasteiger partial charge in [0, 0.05) is 43.8 Å². The first-order chi connectivity index (χ1) is 8.88. The Bertz CT molecular complexity index is 408. The largest absolute Gasteiger partial charge is 0.394 e. The fraction of sp³-hybridized carbons (Fsp3) is 0.583. The van der Waals surface area contributed by atoms with E-state index in [1.165, 1.54) is 14.2 Å². The van der Waals surface area contributed by atoms with Crippen LogP contribution in [0.3, 0.4) is 0 Å². The molecule has 3 nitrogen and oxygen atoms in total. The number of nitrogens with zero attached hydrogens (tertiary/aromatic N) is 1. The highest BCUT2D eigenvalue weighted by Crippen LogP contribution is 2.27. The Morgan fingerprint density at radius 3 is 2.37 bits per heavy atom. The van der Waals surface area contributed by atoms with Gasteiger partial charge >= 0.3 is 14.7 Å². The number of alkyl halides is 3. The first-order valence-corrected chi connectivity index (χ1v) is 8.02. The summed E-state index contributed by atoms with van der Waals surface area (Å²) >= 11 is 0. The lowest BCUT2D eigenvalue weighted by Crippen LogP contribution is -2.54. The number of aromatic nitrogens is 1. The van der Waals surface area contributed by atoms with Gasteiger partial charge in [0.2, 0.25) is 0 Å². The molecule has 0 fully saturated rings. The Morgan fingerprint density at radius 2 is 1.89 bits per heavy atom. The van der Waals surface area contributed by atoms with Crippen LogP contribution in [-0.4, -0.2) is 33.9 Å². The molecule has 7 heteroatoms. The summed E-state index contributed by atoms with van der Waals surface area (Å²) in [5.41, 5.74) is 0.736. The lowest BCUT2D eigenvalue weighted by Gasteiger charge is -2.29. The Labute approximate surface area is 112 Å². The van der Waals surface area contributed by atoms with Crippen LogP contribution in [0.2, 0.25) is 6.04 Å². The van der Waals surface area contributed by atoms with Crippen molar-refractivity contribution in [2.75, 3.05) is 14.2 Å². The standard InChI is InChI=1S/C12H18F3NO2Si/c1-4-10-11(6-5-8-16-10)19(17-2,18-3)9-7-12(13,14)15/h5-6,8H,4,7,9H2,1-3H3. The summed E-state index contributed by atoms with van der Waals surface area (Å²) in [4.78, 5) is 4.20. The van der Waals surface area contributed by atoms with Crippen LogP contribution in [-0.2, 0) is 15.3 Å². The molecular weight excluding hydrogens is 275 g/mol. The number of hydrogen-bond donors (Lipinski definition) is 0. The molecule has 0 aromatic carbocycles. The van der Waals surface area contributed by atoms with Gasteiger partial charge < -0.3 is 8.85 Å². The molecule has 0 unspecified atom stereocenters. The van der Waals surface area contributed by atoms with Crippen molar-refractivity contribution in [2.24, 2.45) is 0 Å². The molecule has 0 saturated carbocycles. The van der Waals surface area contributed by atoms with E-state index in [1.807, 2.05) is 6.92 Å². The zero-order chi connectivity index (χ0) is 14.5. The van der Waals surface area contributed by atoms with Crippen LogP contribution < -0.4 is 5.19 Å². The SMILES string of the molecule is CCc1ncccc1[Si](CCC(F)(F)F)(OC)OC. The van der Waals surface area contributed by atoms with E-state index < -0.39 is 21.2 Å². The third-order valence-electron chi connectivity index (χ3n) is 3.03. The van der Waals surface area contributed by atoms with E-state index >= 15 is 0 Å². The maximum absolute atomic E-state index is 12.5. The van der Waals surface area contributed by atoms with Crippen molar-refractivity contribution >= 4 is 13.7 Å². The first kappa shape index (κ1) is 16.1. The fourth-order valence-corrected chi connectivity index (χ4v) is 4.94. The summed E-state index contributed by atoms with van der Waals surface area (Å²) in [5, 5.41) is 0.687. The number of rotatable bonds is 6. The molecule has 0 spiro atoms. The predicted molar refractivity (Wildman–Crippen MR) is 68.5 cm³/mol. The minimum absolute atomic E-state index is 0.164. The van der Waals surface area contributed by atoms with Crippen LogP contribution >= 0.6 is 0 Å². The predicted octanol–water partition coefficient (Wildman–Crippen LogP) is 2.54. The average Bonchev–Trinajstić information content (AvgIpc) is 2.40. The molecule has 108 valence electrons. The number of halogens is 3. The van der Waals surface area contributed by atoms with Crippen molar-refractivity contribution in [3.63, 3.8) is 0 Å². The average molecular weight is 293 g/mol. The van der Waals surface area contributed by atoms with Gasteiger partial charge in [-0.15, -0.1) is 0 Å². The van der Waals surface area contributed by atoms with Crippen molar-refractivity contribution < 1.29 is 22.0 Å². The monoisotopic (exact) mass is 293 g/mol. The van der Waals surface area contributed by atoms with Crippen LogP contribution in [0, 0.1) is 0 Å². The van der Waals surface area contributed by atoms with Gasteiger partial charge in [-0.2, -0.15) is 13.2 Å². The molecule has 1 heterocycles. The molecule has 0 aliphatic carbocycles. The summed E-state index contributed by atoms with van der Waals surface area (Å²) in [5.74, 6) is 0. The molecule has 0 radical (unpaired) electrons. The Balaban J connectivity index is 3.10. The van der Waals surface area contributed by atoms with E-state index in [0.717, 1.165) is 5.69 Å². The number of hydrogen-bond acceptors (Lipinski definition) is 3. The van der Waals surface area contributed by atoms with E-state index in [2.05, 4.69) is 4.98 Å². The van der Waals surface area contributed by atoms with Crippen molar-refractivity contribution in [1.29, 1.82) is 0 Å². The normalized spacial score (nSPS) is 12.7. The van der Waals surface area contributed by atoms with Gasteiger partial charge in [-0.25, -0.2) is 0 Å². The molecule has 0 amide bonds. The molecule has 0 bridgehead atoms. The van der Waals surface area contributed by atoms with Crippen molar-refractivity contribution in [1.82, 2.24) is 4.98 Å². The van der Waals surface area contributed by atoms with Crippen LogP contribution in [0.1, 0.15) is 19.0 Å². The second kappa shape index (κ2) is 6.49. The molecule has 0 atom stereocenters. The summed E-state index contributed by atoms with van der Waals surface area (Å²) in [7, 11) is -0.275. The molecule has 0 aliphatic heterocycles. The summed E-state index contributed by atoms with van der Waals surface area (Å²) in [6, 6.07) is 3.28. The topological polar surface area (TPSA) is 31.4 Å². The highest BCUT2D eigenvalue weighted by molar-refractivity contribution is 6.81. The maximum Gasteiger partial charge on any atom is 0.389 e. The van der Waals surface area contributed by atoms with Gasteiger partial charge in [0.15, 0.2) is 0 Å². The third-order valence-corrected chi connectivity index (χ3v) is 6.54. The van der Waals surface area contributed by atoms with Crippen LogP contribution in [0.5, 0.6) is 0 Å². The Morgan fingerprint density at radius 1 is 1.26 bits per heavy atom.